The quantitative estimate of drug-likeness (QED) is 0.0235. The van der Waals surface area contributed by atoms with E-state index in [0.717, 1.165) is 64.2 Å². The maximum Gasteiger partial charge on any atom is 0.472 e. The number of aliphatic hydroxyl groups excluding tert-OH is 2. The highest BCUT2D eigenvalue weighted by Crippen LogP contribution is 2.43. The van der Waals surface area contributed by atoms with Gasteiger partial charge >= 0.3 is 19.8 Å². The molecule has 0 aromatic rings. The van der Waals surface area contributed by atoms with Crippen molar-refractivity contribution in [1.29, 1.82) is 0 Å². The third-order valence-corrected chi connectivity index (χ3v) is 10.1. The number of hydrogen-bond acceptors (Lipinski definition) is 9. The normalized spacial score (nSPS) is 14.5. The van der Waals surface area contributed by atoms with Crippen molar-refractivity contribution < 1.29 is 47.8 Å². The minimum Gasteiger partial charge on any atom is -0.462 e. The van der Waals surface area contributed by atoms with E-state index in [4.69, 9.17) is 19.1 Å². The molecular formula is C47H81O10P. The molecule has 0 aliphatic carbocycles. The van der Waals surface area contributed by atoms with Crippen molar-refractivity contribution in [3.8, 4) is 0 Å². The molecule has 0 radical (unpaired) electrons. The van der Waals surface area contributed by atoms with Gasteiger partial charge in [0.15, 0.2) is 6.10 Å². The predicted octanol–water partition coefficient (Wildman–Crippen LogP) is 12.1. The SMILES string of the molecule is CC/C=C/C/C=C/C/C=C/C/C=C/CCCCCCCCCCCC(=O)OCC(COP(=O)(O)OC[C@H](O)CO)OC(=O)CC/C=C/C/C=C/CCCCCCCC. The summed E-state index contributed by atoms with van der Waals surface area (Å²) in [6.45, 7) is 2.18. The number of allylic oxidation sites excluding steroid dienone is 12. The van der Waals surface area contributed by atoms with Crippen LogP contribution >= 0.6 is 7.82 Å². The number of carbonyl (C=O) groups excluding carboxylic acids is 2. The third-order valence-electron chi connectivity index (χ3n) is 9.11. The lowest BCUT2D eigenvalue weighted by Gasteiger charge is -2.20. The summed E-state index contributed by atoms with van der Waals surface area (Å²) in [5.74, 6) is -1.01. The molecule has 0 bridgehead atoms. The molecule has 10 nitrogen and oxygen atoms in total. The molecule has 0 spiro atoms. The second kappa shape index (κ2) is 42.5. The first-order chi connectivity index (χ1) is 28.2. The van der Waals surface area contributed by atoms with E-state index >= 15 is 0 Å². The summed E-state index contributed by atoms with van der Waals surface area (Å²) in [5.41, 5.74) is 0. The molecular weight excluding hydrogens is 755 g/mol. The van der Waals surface area contributed by atoms with Crippen LogP contribution in [0.3, 0.4) is 0 Å². The standard InChI is InChI=1S/C47H81O10P/c1-3-5-7-9-11-13-15-17-18-19-20-21-22-23-24-25-27-28-30-32-34-36-38-46(50)54-42-45(43-56-58(52,53)55-41-44(49)40-48)57-47(51)39-37-35-33-31-29-26-16-14-12-10-8-6-4-2/h5,7,11,13,17-18,20-21,26,29,33,35,44-45,48-49H,3-4,6,8-10,12,14-16,19,22-25,27-28,30-32,34,36-43H2,1-2H3,(H,52,53)/b7-5+,13-11+,18-17+,21-20+,29-26+,35-33+/t44-,45?/m1/s1. The van der Waals surface area contributed by atoms with E-state index < -0.39 is 51.8 Å². The average molecular weight is 837 g/mol. The number of aliphatic hydroxyl groups is 2. The Morgan fingerprint density at radius 2 is 0.983 bits per heavy atom. The van der Waals surface area contributed by atoms with Crippen molar-refractivity contribution in [3.05, 3.63) is 72.9 Å². The lowest BCUT2D eigenvalue weighted by atomic mass is 10.1. The van der Waals surface area contributed by atoms with E-state index in [1.807, 2.05) is 12.2 Å². The highest BCUT2D eigenvalue weighted by Gasteiger charge is 2.27. The predicted molar refractivity (Wildman–Crippen MR) is 237 cm³/mol. The van der Waals surface area contributed by atoms with Crippen LogP contribution in [0.4, 0.5) is 0 Å². The van der Waals surface area contributed by atoms with E-state index in [1.165, 1.54) is 70.6 Å². The fraction of sp³-hybridized carbons (Fsp3) is 0.702. The largest absolute Gasteiger partial charge is 0.472 e. The van der Waals surface area contributed by atoms with Crippen molar-refractivity contribution in [2.24, 2.45) is 0 Å². The van der Waals surface area contributed by atoms with Gasteiger partial charge in [-0.3, -0.25) is 18.6 Å². The molecule has 0 amide bonds. The van der Waals surface area contributed by atoms with E-state index in [0.29, 0.717) is 12.8 Å². The summed E-state index contributed by atoms with van der Waals surface area (Å²) >= 11 is 0. The second-order valence-corrected chi connectivity index (χ2v) is 16.1. The lowest BCUT2D eigenvalue weighted by Crippen LogP contribution is -2.29. The minimum absolute atomic E-state index is 0.0738. The molecule has 334 valence electrons. The summed E-state index contributed by atoms with van der Waals surface area (Å²) in [4.78, 5) is 35.0. The van der Waals surface area contributed by atoms with E-state index in [1.54, 1.807) is 0 Å². The molecule has 3 N–H and O–H groups in total. The monoisotopic (exact) mass is 837 g/mol. The van der Waals surface area contributed by atoms with Gasteiger partial charge in [-0.05, 0) is 70.6 Å². The maximum atomic E-state index is 12.6. The van der Waals surface area contributed by atoms with Crippen LogP contribution in [0.5, 0.6) is 0 Å². The molecule has 2 unspecified atom stereocenters. The van der Waals surface area contributed by atoms with Gasteiger partial charge in [-0.15, -0.1) is 0 Å². The van der Waals surface area contributed by atoms with Crippen LogP contribution in [0.25, 0.3) is 0 Å². The lowest BCUT2D eigenvalue weighted by molar-refractivity contribution is -0.161. The molecule has 0 saturated heterocycles. The molecule has 0 saturated carbocycles. The number of phosphoric acid groups is 1. The van der Waals surface area contributed by atoms with Crippen molar-refractivity contribution in [3.63, 3.8) is 0 Å². The molecule has 0 aromatic heterocycles. The number of rotatable bonds is 41. The number of ether oxygens (including phenoxy) is 2. The molecule has 58 heavy (non-hydrogen) atoms. The molecule has 0 aliphatic rings. The van der Waals surface area contributed by atoms with E-state index in [9.17, 15) is 24.2 Å². The Kier molecular flexibility index (Phi) is 40.6. The Bertz CT molecular complexity index is 1190. The smallest absolute Gasteiger partial charge is 0.462 e. The molecule has 0 aliphatic heterocycles. The van der Waals surface area contributed by atoms with Crippen molar-refractivity contribution in [2.75, 3.05) is 26.4 Å². The first-order valence-corrected chi connectivity index (χ1v) is 23.9. The van der Waals surface area contributed by atoms with E-state index in [-0.39, 0.29) is 19.4 Å². The van der Waals surface area contributed by atoms with Crippen LogP contribution < -0.4 is 0 Å². The Hall–Kier alpha value is -2.59. The Balaban J connectivity index is 4.29. The minimum atomic E-state index is -4.64. The van der Waals surface area contributed by atoms with Gasteiger partial charge in [0.25, 0.3) is 0 Å². The third kappa shape index (κ3) is 41.6. The summed E-state index contributed by atoms with van der Waals surface area (Å²) < 4.78 is 32.6. The van der Waals surface area contributed by atoms with Gasteiger partial charge in [-0.2, -0.15) is 0 Å². The first kappa shape index (κ1) is 55.4. The number of hydrogen-bond donors (Lipinski definition) is 3. The highest BCUT2D eigenvalue weighted by molar-refractivity contribution is 7.47. The zero-order valence-electron chi connectivity index (χ0n) is 36.2. The highest BCUT2D eigenvalue weighted by atomic mass is 31.2. The number of unbranched alkanes of at least 4 members (excludes halogenated alkanes) is 15. The Morgan fingerprint density at radius 1 is 0.534 bits per heavy atom. The molecule has 3 atom stereocenters. The molecule has 0 rings (SSSR count). The summed E-state index contributed by atoms with van der Waals surface area (Å²) in [5, 5.41) is 18.3. The van der Waals surface area contributed by atoms with Gasteiger partial charge < -0.3 is 24.6 Å². The summed E-state index contributed by atoms with van der Waals surface area (Å²) in [6, 6.07) is 0. The first-order valence-electron chi connectivity index (χ1n) is 22.4. The Labute approximate surface area is 352 Å². The second-order valence-electron chi connectivity index (χ2n) is 14.7. The van der Waals surface area contributed by atoms with Gasteiger partial charge in [0, 0.05) is 12.8 Å². The fourth-order valence-electron chi connectivity index (χ4n) is 5.68. The van der Waals surface area contributed by atoms with Crippen LogP contribution in [-0.2, 0) is 32.7 Å². The van der Waals surface area contributed by atoms with Crippen LogP contribution in [-0.4, -0.2) is 65.7 Å². The van der Waals surface area contributed by atoms with Gasteiger partial charge in [-0.1, -0.05) is 164 Å². The zero-order valence-corrected chi connectivity index (χ0v) is 37.1. The molecule has 11 heteroatoms. The van der Waals surface area contributed by atoms with Gasteiger partial charge in [-0.25, -0.2) is 4.57 Å². The van der Waals surface area contributed by atoms with E-state index in [2.05, 4.69) is 79.1 Å². The Morgan fingerprint density at radius 3 is 1.50 bits per heavy atom. The van der Waals surface area contributed by atoms with Crippen LogP contribution in [0.2, 0.25) is 0 Å². The van der Waals surface area contributed by atoms with Gasteiger partial charge in [0.2, 0.25) is 0 Å². The van der Waals surface area contributed by atoms with Gasteiger partial charge in [0.05, 0.1) is 19.8 Å². The van der Waals surface area contributed by atoms with Crippen LogP contribution in [0, 0.1) is 0 Å². The topological polar surface area (TPSA) is 149 Å². The number of carbonyl (C=O) groups is 2. The molecule has 0 aromatic carbocycles. The molecule has 0 fully saturated rings. The number of esters is 2. The summed E-state index contributed by atoms with van der Waals surface area (Å²) in [6.07, 6.45) is 48.9. The maximum absolute atomic E-state index is 12.6. The zero-order chi connectivity index (χ0) is 42.6. The van der Waals surface area contributed by atoms with Crippen molar-refractivity contribution >= 4 is 19.8 Å². The van der Waals surface area contributed by atoms with Crippen molar-refractivity contribution in [2.45, 2.75) is 187 Å². The van der Waals surface area contributed by atoms with Gasteiger partial charge in [0.1, 0.15) is 12.7 Å². The molecule has 0 heterocycles. The average Bonchev–Trinajstić information content (AvgIpc) is 3.21. The fourth-order valence-corrected chi connectivity index (χ4v) is 6.47. The van der Waals surface area contributed by atoms with Crippen LogP contribution in [0.1, 0.15) is 174 Å². The summed E-state index contributed by atoms with van der Waals surface area (Å²) in [7, 11) is -4.64. The van der Waals surface area contributed by atoms with Crippen LogP contribution in [0.15, 0.2) is 72.9 Å². The number of phosphoric ester groups is 1. The van der Waals surface area contributed by atoms with Crippen molar-refractivity contribution in [1.82, 2.24) is 0 Å².